The summed E-state index contributed by atoms with van der Waals surface area (Å²) in [6.07, 6.45) is 0.748. The van der Waals surface area contributed by atoms with Gasteiger partial charge in [-0.3, -0.25) is 19.5 Å². The number of aryl methyl sites for hydroxylation is 1. The first-order chi connectivity index (χ1) is 8.29. The molecule has 98 valence electrons. The third-order valence-electron chi connectivity index (χ3n) is 2.18. The maximum atomic E-state index is 10.5. The number of nitrogens with one attached hydrogen (secondary N) is 1. The van der Waals surface area contributed by atoms with Crippen LogP contribution in [-0.4, -0.2) is 24.8 Å². The van der Waals surface area contributed by atoms with E-state index >= 15 is 0 Å². The van der Waals surface area contributed by atoms with E-state index in [1.807, 2.05) is 6.92 Å². The molecule has 0 bridgehead atoms. The van der Waals surface area contributed by atoms with Crippen molar-refractivity contribution in [3.8, 4) is 0 Å². The van der Waals surface area contributed by atoms with Gasteiger partial charge in [0.25, 0.3) is 10.1 Å². The first kappa shape index (κ1) is 14.3. The summed E-state index contributed by atoms with van der Waals surface area (Å²) in [7, 11) is -4.02. The highest BCUT2D eigenvalue weighted by molar-refractivity contribution is 7.85. The summed E-state index contributed by atoms with van der Waals surface area (Å²) in [6, 6.07) is 5.99. The maximum absolute atomic E-state index is 10.5. The topological polar surface area (TPSA) is 101 Å². The molecule has 7 heteroatoms. The smallest absolute Gasteiger partial charge is 0.294 e. The molecule has 1 saturated heterocycles. The van der Waals surface area contributed by atoms with E-state index in [9.17, 15) is 18.0 Å². The lowest BCUT2D eigenvalue weighted by Crippen LogP contribution is -2.18. The predicted octanol–water partition coefficient (Wildman–Crippen LogP) is 0.665. The third-order valence-corrected chi connectivity index (χ3v) is 3.04. The Bertz CT molecular complexity index is 533. The van der Waals surface area contributed by atoms with Crippen molar-refractivity contribution in [2.75, 3.05) is 0 Å². The molecule has 1 aliphatic rings. The number of amides is 2. The van der Waals surface area contributed by atoms with E-state index in [1.54, 1.807) is 12.1 Å². The van der Waals surface area contributed by atoms with Gasteiger partial charge in [-0.15, -0.1) is 0 Å². The quantitative estimate of drug-likeness (QED) is 0.577. The highest BCUT2D eigenvalue weighted by Crippen LogP contribution is 2.08. The van der Waals surface area contributed by atoms with Gasteiger partial charge in [-0.25, -0.2) is 0 Å². The van der Waals surface area contributed by atoms with Gasteiger partial charge in [0, 0.05) is 12.8 Å². The van der Waals surface area contributed by atoms with Crippen molar-refractivity contribution in [1.82, 2.24) is 5.32 Å². The minimum atomic E-state index is -4.02. The number of carbonyl (C=O) groups excluding carboxylic acids is 2. The SMILES string of the molecule is Cc1ccc(S(=O)(=O)O)cc1.O=C1CCC(=O)N1. The second-order valence-electron chi connectivity index (χ2n) is 3.76. The van der Waals surface area contributed by atoms with Gasteiger partial charge in [0.05, 0.1) is 4.90 Å². The number of imide groups is 1. The van der Waals surface area contributed by atoms with Crippen LogP contribution in [0, 0.1) is 6.92 Å². The van der Waals surface area contributed by atoms with Crippen molar-refractivity contribution >= 4 is 21.9 Å². The van der Waals surface area contributed by atoms with Crippen molar-refractivity contribution in [2.45, 2.75) is 24.7 Å². The van der Waals surface area contributed by atoms with Crippen LogP contribution in [0.4, 0.5) is 0 Å². The van der Waals surface area contributed by atoms with E-state index in [-0.39, 0.29) is 16.7 Å². The highest BCUT2D eigenvalue weighted by Gasteiger charge is 2.15. The van der Waals surface area contributed by atoms with Crippen molar-refractivity contribution in [3.63, 3.8) is 0 Å². The summed E-state index contributed by atoms with van der Waals surface area (Å²) >= 11 is 0. The third kappa shape index (κ3) is 4.64. The van der Waals surface area contributed by atoms with Gasteiger partial charge in [-0.1, -0.05) is 17.7 Å². The normalized spacial score (nSPS) is 14.8. The average molecular weight is 271 g/mol. The second-order valence-corrected chi connectivity index (χ2v) is 5.18. The fourth-order valence-corrected chi connectivity index (χ4v) is 1.70. The van der Waals surface area contributed by atoms with Crippen LogP contribution in [0.15, 0.2) is 29.2 Å². The molecule has 6 nitrogen and oxygen atoms in total. The first-order valence-corrected chi connectivity index (χ1v) is 6.60. The zero-order valence-electron chi connectivity index (χ0n) is 9.71. The van der Waals surface area contributed by atoms with Gasteiger partial charge in [0.15, 0.2) is 0 Å². The minimum Gasteiger partial charge on any atom is -0.296 e. The van der Waals surface area contributed by atoms with E-state index in [4.69, 9.17) is 4.55 Å². The van der Waals surface area contributed by atoms with E-state index in [1.165, 1.54) is 12.1 Å². The van der Waals surface area contributed by atoms with Gasteiger partial charge in [-0.2, -0.15) is 8.42 Å². The summed E-state index contributed by atoms with van der Waals surface area (Å²) in [6.45, 7) is 1.84. The molecular formula is C11H13NO5S. The minimum absolute atomic E-state index is 0.0666. The lowest BCUT2D eigenvalue weighted by Gasteiger charge is -1.95. The summed E-state index contributed by atoms with van der Waals surface area (Å²) in [4.78, 5) is 20.2. The molecule has 0 atom stereocenters. The van der Waals surface area contributed by atoms with E-state index in [0.717, 1.165) is 5.56 Å². The Hall–Kier alpha value is -1.73. The fourth-order valence-electron chi connectivity index (χ4n) is 1.22. The monoisotopic (exact) mass is 271 g/mol. The second kappa shape index (κ2) is 5.74. The Morgan fingerprint density at radius 1 is 1.06 bits per heavy atom. The predicted molar refractivity (Wildman–Crippen MR) is 63.4 cm³/mol. The average Bonchev–Trinajstić information content (AvgIpc) is 2.62. The zero-order valence-corrected chi connectivity index (χ0v) is 10.5. The van der Waals surface area contributed by atoms with Crippen LogP contribution in [0.3, 0.4) is 0 Å². The largest absolute Gasteiger partial charge is 0.296 e. The summed E-state index contributed by atoms with van der Waals surface area (Å²) < 4.78 is 29.6. The number of carbonyl (C=O) groups is 2. The Kier molecular flexibility index (Phi) is 4.57. The zero-order chi connectivity index (χ0) is 13.8. The van der Waals surface area contributed by atoms with Crippen LogP contribution in [0.1, 0.15) is 18.4 Å². The van der Waals surface area contributed by atoms with E-state index in [0.29, 0.717) is 12.8 Å². The fraction of sp³-hybridized carbons (Fsp3) is 0.273. The van der Waals surface area contributed by atoms with Crippen LogP contribution in [0.2, 0.25) is 0 Å². The maximum Gasteiger partial charge on any atom is 0.294 e. The highest BCUT2D eigenvalue weighted by atomic mass is 32.2. The van der Waals surface area contributed by atoms with Crippen molar-refractivity contribution < 1.29 is 22.6 Å². The molecule has 1 heterocycles. The van der Waals surface area contributed by atoms with Crippen molar-refractivity contribution in [2.24, 2.45) is 0 Å². The summed E-state index contributed by atoms with van der Waals surface area (Å²) in [5, 5.41) is 2.14. The van der Waals surface area contributed by atoms with Gasteiger partial charge in [0.2, 0.25) is 11.8 Å². The van der Waals surface area contributed by atoms with E-state index in [2.05, 4.69) is 5.32 Å². The summed E-state index contributed by atoms with van der Waals surface area (Å²) in [5.74, 6) is -0.296. The molecule has 1 aromatic rings. The molecule has 2 N–H and O–H groups in total. The van der Waals surface area contributed by atoms with Gasteiger partial charge in [-0.05, 0) is 19.1 Å². The molecule has 0 radical (unpaired) electrons. The Balaban J connectivity index is 0.000000199. The summed E-state index contributed by atoms with van der Waals surface area (Å²) in [5.41, 5.74) is 0.956. The van der Waals surface area contributed by atoms with Crippen molar-refractivity contribution in [3.05, 3.63) is 29.8 Å². The van der Waals surface area contributed by atoms with Crippen molar-refractivity contribution in [1.29, 1.82) is 0 Å². The Morgan fingerprint density at radius 3 is 1.78 bits per heavy atom. The van der Waals surface area contributed by atoms with Gasteiger partial charge in [0.1, 0.15) is 0 Å². The molecule has 0 spiro atoms. The Morgan fingerprint density at radius 2 is 1.50 bits per heavy atom. The molecule has 0 unspecified atom stereocenters. The molecule has 1 aromatic carbocycles. The molecule has 1 fully saturated rings. The Labute approximate surface area is 105 Å². The van der Waals surface area contributed by atoms with Crippen LogP contribution in [-0.2, 0) is 19.7 Å². The molecule has 0 saturated carbocycles. The number of hydrogen-bond donors (Lipinski definition) is 2. The molecule has 0 aromatic heterocycles. The molecule has 18 heavy (non-hydrogen) atoms. The van der Waals surface area contributed by atoms with Crippen LogP contribution in [0.25, 0.3) is 0 Å². The molecule has 1 aliphatic heterocycles. The molecular weight excluding hydrogens is 258 g/mol. The van der Waals surface area contributed by atoms with Gasteiger partial charge < -0.3 is 0 Å². The number of rotatable bonds is 1. The van der Waals surface area contributed by atoms with Crippen LogP contribution in [0.5, 0.6) is 0 Å². The number of benzene rings is 1. The number of hydrogen-bond acceptors (Lipinski definition) is 4. The van der Waals surface area contributed by atoms with Crippen LogP contribution >= 0.6 is 0 Å². The molecule has 2 rings (SSSR count). The lowest BCUT2D eigenvalue weighted by molar-refractivity contribution is -0.124. The van der Waals surface area contributed by atoms with E-state index < -0.39 is 10.1 Å². The lowest BCUT2D eigenvalue weighted by atomic mass is 10.2. The van der Waals surface area contributed by atoms with Crippen LogP contribution < -0.4 is 5.32 Å². The van der Waals surface area contributed by atoms with Gasteiger partial charge >= 0.3 is 0 Å². The first-order valence-electron chi connectivity index (χ1n) is 5.16. The molecule has 0 aliphatic carbocycles. The standard InChI is InChI=1S/C7H8O3S.C4H5NO2/c1-6-2-4-7(5-3-6)11(8,9)10;6-3-1-2-4(7)5-3/h2-5H,1H3,(H,8,9,10);1-2H2,(H,5,6,7). The molecule has 2 amide bonds.